The zero-order chi connectivity index (χ0) is 13.7. The Hall–Kier alpha value is -1.67. The maximum atomic E-state index is 12.3. The predicted octanol–water partition coefficient (Wildman–Crippen LogP) is 4.66. The third kappa shape index (κ3) is 3.65. The summed E-state index contributed by atoms with van der Waals surface area (Å²) in [6.45, 7) is 2.05. The maximum Gasteiger partial charge on any atom is 0.189 e. The first-order chi connectivity index (χ1) is 9.20. The highest BCUT2D eigenvalue weighted by Crippen LogP contribution is 2.15. The van der Waals surface area contributed by atoms with Gasteiger partial charge in [0.2, 0.25) is 0 Å². The quantitative estimate of drug-likeness (QED) is 0.456. The van der Waals surface area contributed by atoms with Crippen LogP contribution in [0.4, 0.5) is 0 Å². The molecule has 2 heteroatoms. The summed E-state index contributed by atoms with van der Waals surface area (Å²) in [6, 6.07) is 17.5. The molecular formula is C17H15BrO. The van der Waals surface area contributed by atoms with E-state index in [0.717, 1.165) is 16.7 Å². The van der Waals surface area contributed by atoms with Crippen LogP contribution in [-0.2, 0) is 0 Å². The molecule has 0 amide bonds. The lowest BCUT2D eigenvalue weighted by Gasteiger charge is -2.04. The maximum absolute atomic E-state index is 12.3. The summed E-state index contributed by atoms with van der Waals surface area (Å²) in [5.74, 6) is 0.0676. The molecule has 0 bridgehead atoms. The van der Waals surface area contributed by atoms with Crippen LogP contribution in [0, 0.1) is 6.92 Å². The van der Waals surface area contributed by atoms with Crippen LogP contribution >= 0.6 is 15.9 Å². The van der Waals surface area contributed by atoms with Gasteiger partial charge in [0, 0.05) is 16.5 Å². The molecule has 0 atom stereocenters. The summed E-state index contributed by atoms with van der Waals surface area (Å²) < 4.78 is 0. The fourth-order valence-electron chi connectivity index (χ4n) is 1.80. The first kappa shape index (κ1) is 13.8. The lowest BCUT2D eigenvalue weighted by atomic mass is 10.0. The zero-order valence-corrected chi connectivity index (χ0v) is 12.4. The van der Waals surface area contributed by atoms with Crippen LogP contribution in [0.5, 0.6) is 0 Å². The number of allylic oxidation sites excluding steroid dienone is 1. The Balaban J connectivity index is 2.29. The Morgan fingerprint density at radius 1 is 1.05 bits per heavy atom. The highest BCUT2D eigenvalue weighted by Gasteiger charge is 2.10. The minimum absolute atomic E-state index is 0.0676. The van der Waals surface area contributed by atoms with E-state index in [-0.39, 0.29) is 5.78 Å². The molecule has 96 valence electrons. The molecule has 2 aromatic rings. The number of alkyl halides is 1. The molecule has 0 saturated heterocycles. The van der Waals surface area contributed by atoms with E-state index in [1.807, 2.05) is 67.6 Å². The van der Waals surface area contributed by atoms with Gasteiger partial charge in [0.25, 0.3) is 0 Å². The van der Waals surface area contributed by atoms with Crippen LogP contribution in [0.25, 0.3) is 6.08 Å². The molecule has 2 rings (SSSR count). The van der Waals surface area contributed by atoms with E-state index in [1.165, 1.54) is 5.56 Å². The monoisotopic (exact) mass is 314 g/mol. The standard InChI is InChI=1S/C17H15BrO/c1-13-7-9-14(10-8-13)11-16(12-18)17(19)15-5-3-2-4-6-15/h2-11H,12H2,1H3/b16-11+. The van der Waals surface area contributed by atoms with Gasteiger partial charge in [-0.3, -0.25) is 4.79 Å². The molecule has 19 heavy (non-hydrogen) atoms. The number of Topliss-reactive ketones (excluding diaryl/α,β-unsaturated/α-hetero) is 1. The lowest BCUT2D eigenvalue weighted by Crippen LogP contribution is -2.04. The summed E-state index contributed by atoms with van der Waals surface area (Å²) >= 11 is 3.40. The van der Waals surface area contributed by atoms with E-state index >= 15 is 0 Å². The molecule has 0 fully saturated rings. The van der Waals surface area contributed by atoms with Crippen molar-refractivity contribution in [1.82, 2.24) is 0 Å². The topological polar surface area (TPSA) is 17.1 Å². The molecule has 1 nitrogen and oxygen atoms in total. The van der Waals surface area contributed by atoms with Gasteiger partial charge in [0.05, 0.1) is 0 Å². The second kappa shape index (κ2) is 6.48. The second-order valence-electron chi connectivity index (χ2n) is 4.41. The minimum Gasteiger partial charge on any atom is -0.289 e. The molecule has 0 aliphatic heterocycles. The molecule has 0 aromatic heterocycles. The Bertz CT molecular complexity index is 582. The Kier molecular flexibility index (Phi) is 4.69. The summed E-state index contributed by atoms with van der Waals surface area (Å²) in [6.07, 6.45) is 1.93. The van der Waals surface area contributed by atoms with E-state index in [0.29, 0.717) is 5.33 Å². The van der Waals surface area contributed by atoms with Gasteiger partial charge < -0.3 is 0 Å². The van der Waals surface area contributed by atoms with E-state index in [2.05, 4.69) is 15.9 Å². The number of hydrogen-bond donors (Lipinski definition) is 0. The largest absolute Gasteiger partial charge is 0.289 e. The number of hydrogen-bond acceptors (Lipinski definition) is 1. The first-order valence-corrected chi connectivity index (χ1v) is 7.26. The first-order valence-electron chi connectivity index (χ1n) is 6.13. The number of rotatable bonds is 4. The SMILES string of the molecule is Cc1ccc(/C=C(\CBr)C(=O)c2ccccc2)cc1. The highest BCUT2D eigenvalue weighted by atomic mass is 79.9. The smallest absolute Gasteiger partial charge is 0.189 e. The fraction of sp³-hybridized carbons (Fsp3) is 0.118. The zero-order valence-electron chi connectivity index (χ0n) is 10.8. The van der Waals surface area contributed by atoms with Crippen molar-refractivity contribution in [2.45, 2.75) is 6.92 Å². The molecule has 2 aromatic carbocycles. The van der Waals surface area contributed by atoms with E-state index in [9.17, 15) is 4.79 Å². The number of benzene rings is 2. The van der Waals surface area contributed by atoms with Crippen molar-refractivity contribution >= 4 is 27.8 Å². The van der Waals surface area contributed by atoms with Crippen LogP contribution < -0.4 is 0 Å². The highest BCUT2D eigenvalue weighted by molar-refractivity contribution is 9.09. The number of carbonyl (C=O) groups is 1. The molecule has 0 aliphatic rings. The van der Waals surface area contributed by atoms with E-state index in [1.54, 1.807) is 0 Å². The van der Waals surface area contributed by atoms with Gasteiger partial charge in [0.15, 0.2) is 5.78 Å². The summed E-state index contributed by atoms with van der Waals surface area (Å²) in [7, 11) is 0. The van der Waals surface area contributed by atoms with Crippen molar-refractivity contribution in [3.63, 3.8) is 0 Å². The third-order valence-electron chi connectivity index (χ3n) is 2.89. The average molecular weight is 315 g/mol. The van der Waals surface area contributed by atoms with Crippen molar-refractivity contribution in [2.24, 2.45) is 0 Å². The minimum atomic E-state index is 0.0676. The van der Waals surface area contributed by atoms with Crippen LogP contribution in [-0.4, -0.2) is 11.1 Å². The Morgan fingerprint density at radius 2 is 1.68 bits per heavy atom. The van der Waals surface area contributed by atoms with Crippen LogP contribution in [0.2, 0.25) is 0 Å². The van der Waals surface area contributed by atoms with Crippen molar-refractivity contribution in [3.05, 3.63) is 76.9 Å². The van der Waals surface area contributed by atoms with Crippen LogP contribution in [0.1, 0.15) is 21.5 Å². The van der Waals surface area contributed by atoms with Gasteiger partial charge >= 0.3 is 0 Å². The Morgan fingerprint density at radius 3 is 2.26 bits per heavy atom. The summed E-state index contributed by atoms with van der Waals surface area (Å²) in [5.41, 5.74) is 3.74. The van der Waals surface area contributed by atoms with Crippen LogP contribution in [0.15, 0.2) is 60.2 Å². The molecule has 0 radical (unpaired) electrons. The van der Waals surface area contributed by atoms with Gasteiger partial charge in [-0.2, -0.15) is 0 Å². The van der Waals surface area contributed by atoms with Gasteiger partial charge in [-0.05, 0) is 18.6 Å². The molecule has 0 spiro atoms. The predicted molar refractivity (Wildman–Crippen MR) is 83.7 cm³/mol. The molecule has 0 heterocycles. The van der Waals surface area contributed by atoms with Crippen molar-refractivity contribution in [3.8, 4) is 0 Å². The lowest BCUT2D eigenvalue weighted by molar-refractivity contribution is 0.103. The van der Waals surface area contributed by atoms with Crippen molar-refractivity contribution in [1.29, 1.82) is 0 Å². The summed E-state index contributed by atoms with van der Waals surface area (Å²) in [5, 5.41) is 0.550. The molecule has 0 unspecified atom stereocenters. The van der Waals surface area contributed by atoms with Gasteiger partial charge in [-0.1, -0.05) is 76.1 Å². The Labute approximate surface area is 122 Å². The number of halogens is 1. The average Bonchev–Trinajstić information content (AvgIpc) is 2.47. The molecule has 0 saturated carbocycles. The van der Waals surface area contributed by atoms with Crippen molar-refractivity contribution < 1.29 is 4.79 Å². The van der Waals surface area contributed by atoms with E-state index in [4.69, 9.17) is 0 Å². The van der Waals surface area contributed by atoms with Crippen molar-refractivity contribution in [2.75, 3.05) is 5.33 Å². The normalized spacial score (nSPS) is 11.4. The van der Waals surface area contributed by atoms with Gasteiger partial charge in [-0.15, -0.1) is 0 Å². The molecule has 0 aliphatic carbocycles. The van der Waals surface area contributed by atoms with E-state index < -0.39 is 0 Å². The fourth-order valence-corrected chi connectivity index (χ4v) is 2.22. The summed E-state index contributed by atoms with van der Waals surface area (Å²) in [4.78, 5) is 12.3. The number of carbonyl (C=O) groups excluding carboxylic acids is 1. The molecular weight excluding hydrogens is 300 g/mol. The number of aryl methyl sites for hydroxylation is 1. The second-order valence-corrected chi connectivity index (χ2v) is 4.97. The van der Waals surface area contributed by atoms with Gasteiger partial charge in [-0.25, -0.2) is 0 Å². The number of ketones is 1. The molecule has 0 N–H and O–H groups in total. The van der Waals surface area contributed by atoms with Gasteiger partial charge in [0.1, 0.15) is 0 Å². The van der Waals surface area contributed by atoms with Crippen LogP contribution in [0.3, 0.4) is 0 Å². The third-order valence-corrected chi connectivity index (χ3v) is 3.49.